The fraction of sp³-hybridized carbons (Fsp3) is 0.727. The van der Waals surface area contributed by atoms with Crippen molar-refractivity contribution in [2.45, 2.75) is 25.7 Å². The molecule has 1 fully saturated rings. The Kier molecular flexibility index (Phi) is 3.75. The summed E-state index contributed by atoms with van der Waals surface area (Å²) in [6.07, 6.45) is 5.39. The molecular formula is C11H17NO3. The highest BCUT2D eigenvalue weighted by molar-refractivity contribution is 4.97. The van der Waals surface area contributed by atoms with E-state index in [2.05, 4.69) is 4.98 Å². The van der Waals surface area contributed by atoms with Crippen molar-refractivity contribution >= 4 is 0 Å². The highest BCUT2D eigenvalue weighted by Crippen LogP contribution is 2.18. The second-order valence-corrected chi connectivity index (χ2v) is 3.99. The van der Waals surface area contributed by atoms with Gasteiger partial charge < -0.3 is 14.3 Å². The van der Waals surface area contributed by atoms with Crippen LogP contribution in [0.15, 0.2) is 10.7 Å². The molecule has 4 heteroatoms. The van der Waals surface area contributed by atoms with Crippen LogP contribution in [0.5, 0.6) is 0 Å². The van der Waals surface area contributed by atoms with Gasteiger partial charge in [0.05, 0.1) is 5.69 Å². The molecule has 1 N–H and O–H groups in total. The van der Waals surface area contributed by atoms with Gasteiger partial charge in [-0.15, -0.1) is 0 Å². The first-order valence-electron chi connectivity index (χ1n) is 5.50. The largest absolute Gasteiger partial charge is 0.449 e. The van der Waals surface area contributed by atoms with Gasteiger partial charge in [-0.1, -0.05) is 0 Å². The normalized spacial score (nSPS) is 21.8. The smallest absolute Gasteiger partial charge is 0.194 e. The molecule has 0 bridgehead atoms. The van der Waals surface area contributed by atoms with Gasteiger partial charge in [0.25, 0.3) is 0 Å². The van der Waals surface area contributed by atoms with E-state index in [1.807, 2.05) is 0 Å². The molecule has 84 valence electrons. The highest BCUT2D eigenvalue weighted by atomic mass is 16.5. The first kappa shape index (κ1) is 10.6. The number of nitrogens with zero attached hydrogens (tertiary/aromatic N) is 1. The van der Waals surface area contributed by atoms with Crippen molar-refractivity contribution in [3.05, 3.63) is 17.8 Å². The molecule has 0 radical (unpaired) electrons. The Morgan fingerprint density at radius 3 is 3.20 bits per heavy atom. The van der Waals surface area contributed by atoms with Crippen molar-refractivity contribution in [1.29, 1.82) is 0 Å². The number of aliphatic hydroxyl groups excluding tert-OH is 1. The molecule has 0 saturated carbocycles. The minimum atomic E-state index is 0.124. The van der Waals surface area contributed by atoms with E-state index in [1.54, 1.807) is 6.26 Å². The SMILES string of the molecule is OCCc1coc(CC2CCCOC2)n1. The fourth-order valence-corrected chi connectivity index (χ4v) is 1.89. The van der Waals surface area contributed by atoms with Gasteiger partial charge >= 0.3 is 0 Å². The summed E-state index contributed by atoms with van der Waals surface area (Å²) in [4.78, 5) is 4.31. The molecule has 1 aliphatic heterocycles. The third-order valence-corrected chi connectivity index (χ3v) is 2.69. The Hall–Kier alpha value is -0.870. The van der Waals surface area contributed by atoms with E-state index in [0.29, 0.717) is 12.3 Å². The molecule has 1 atom stereocenters. The van der Waals surface area contributed by atoms with Gasteiger partial charge in [-0.2, -0.15) is 0 Å². The summed E-state index contributed by atoms with van der Waals surface area (Å²) >= 11 is 0. The maximum Gasteiger partial charge on any atom is 0.194 e. The van der Waals surface area contributed by atoms with E-state index in [9.17, 15) is 0 Å². The molecule has 0 aromatic carbocycles. The molecule has 1 aromatic heterocycles. The van der Waals surface area contributed by atoms with Crippen molar-refractivity contribution in [1.82, 2.24) is 4.98 Å². The Balaban J connectivity index is 1.86. The first-order chi connectivity index (χ1) is 7.38. The minimum Gasteiger partial charge on any atom is -0.449 e. The third-order valence-electron chi connectivity index (χ3n) is 2.69. The zero-order chi connectivity index (χ0) is 10.5. The van der Waals surface area contributed by atoms with Crippen LogP contribution in [0.1, 0.15) is 24.4 Å². The number of hydrogen-bond acceptors (Lipinski definition) is 4. The van der Waals surface area contributed by atoms with Crippen molar-refractivity contribution in [2.24, 2.45) is 5.92 Å². The maximum absolute atomic E-state index is 8.75. The van der Waals surface area contributed by atoms with Crippen molar-refractivity contribution in [2.75, 3.05) is 19.8 Å². The molecule has 15 heavy (non-hydrogen) atoms. The standard InChI is InChI=1S/C11H17NO3/c13-4-3-10-8-15-11(12-10)6-9-2-1-5-14-7-9/h8-9,13H,1-7H2. The van der Waals surface area contributed by atoms with E-state index >= 15 is 0 Å². The van der Waals surface area contributed by atoms with E-state index in [4.69, 9.17) is 14.3 Å². The van der Waals surface area contributed by atoms with Crippen LogP contribution in [-0.2, 0) is 17.6 Å². The fourth-order valence-electron chi connectivity index (χ4n) is 1.89. The summed E-state index contributed by atoms with van der Waals surface area (Å²) in [6, 6.07) is 0. The predicted molar refractivity (Wildman–Crippen MR) is 54.5 cm³/mol. The van der Waals surface area contributed by atoms with Gasteiger partial charge in [0.15, 0.2) is 5.89 Å². The second-order valence-electron chi connectivity index (χ2n) is 3.99. The summed E-state index contributed by atoms with van der Waals surface area (Å²) in [5, 5.41) is 8.75. The van der Waals surface area contributed by atoms with E-state index in [1.165, 1.54) is 6.42 Å². The van der Waals surface area contributed by atoms with Crippen LogP contribution in [0, 0.1) is 5.92 Å². The summed E-state index contributed by atoms with van der Waals surface area (Å²) in [6.45, 7) is 1.83. The third kappa shape index (κ3) is 3.04. The molecule has 2 heterocycles. The number of hydrogen-bond donors (Lipinski definition) is 1. The average molecular weight is 211 g/mol. The minimum absolute atomic E-state index is 0.124. The van der Waals surface area contributed by atoms with Gasteiger partial charge in [-0.25, -0.2) is 4.98 Å². The van der Waals surface area contributed by atoms with Gasteiger partial charge in [0.1, 0.15) is 6.26 Å². The lowest BCUT2D eigenvalue weighted by atomic mass is 9.99. The quantitative estimate of drug-likeness (QED) is 0.812. The second kappa shape index (κ2) is 5.28. The van der Waals surface area contributed by atoms with Crippen LogP contribution in [0.25, 0.3) is 0 Å². The number of ether oxygens (including phenoxy) is 1. The monoisotopic (exact) mass is 211 g/mol. The van der Waals surface area contributed by atoms with Crippen LogP contribution in [0.3, 0.4) is 0 Å². The summed E-state index contributed by atoms with van der Waals surface area (Å²) in [5.41, 5.74) is 0.837. The molecular weight excluding hydrogens is 194 g/mol. The zero-order valence-electron chi connectivity index (χ0n) is 8.82. The van der Waals surface area contributed by atoms with E-state index < -0.39 is 0 Å². The molecule has 1 aliphatic rings. The van der Waals surface area contributed by atoms with Crippen LogP contribution in [-0.4, -0.2) is 29.9 Å². The average Bonchev–Trinajstić information content (AvgIpc) is 2.68. The number of aromatic nitrogens is 1. The van der Waals surface area contributed by atoms with Crippen LogP contribution in [0.4, 0.5) is 0 Å². The van der Waals surface area contributed by atoms with Crippen molar-refractivity contribution < 1.29 is 14.3 Å². The molecule has 0 amide bonds. The van der Waals surface area contributed by atoms with E-state index in [-0.39, 0.29) is 6.61 Å². The Morgan fingerprint density at radius 2 is 2.47 bits per heavy atom. The van der Waals surface area contributed by atoms with Gasteiger partial charge in [0.2, 0.25) is 0 Å². The molecule has 2 rings (SSSR count). The van der Waals surface area contributed by atoms with Crippen LogP contribution in [0.2, 0.25) is 0 Å². The number of rotatable bonds is 4. The summed E-state index contributed by atoms with van der Waals surface area (Å²) in [7, 11) is 0. The van der Waals surface area contributed by atoms with Crippen molar-refractivity contribution in [3.63, 3.8) is 0 Å². The molecule has 1 aromatic rings. The highest BCUT2D eigenvalue weighted by Gasteiger charge is 2.17. The lowest BCUT2D eigenvalue weighted by molar-refractivity contribution is 0.0526. The van der Waals surface area contributed by atoms with Crippen LogP contribution >= 0.6 is 0 Å². The molecule has 0 aliphatic carbocycles. The maximum atomic E-state index is 8.75. The van der Waals surface area contributed by atoms with Gasteiger partial charge in [0, 0.05) is 32.7 Å². The molecule has 4 nitrogen and oxygen atoms in total. The van der Waals surface area contributed by atoms with Crippen LogP contribution < -0.4 is 0 Å². The Labute approximate surface area is 89.3 Å². The van der Waals surface area contributed by atoms with Gasteiger partial charge in [-0.3, -0.25) is 0 Å². The van der Waals surface area contributed by atoms with Gasteiger partial charge in [-0.05, 0) is 18.8 Å². The molecule has 1 saturated heterocycles. The lowest BCUT2D eigenvalue weighted by Gasteiger charge is -2.20. The van der Waals surface area contributed by atoms with E-state index in [0.717, 1.165) is 37.6 Å². The topological polar surface area (TPSA) is 55.5 Å². The molecule has 0 spiro atoms. The number of aliphatic hydroxyl groups is 1. The summed E-state index contributed by atoms with van der Waals surface area (Å²) in [5.74, 6) is 1.31. The predicted octanol–water partition coefficient (Wildman–Crippen LogP) is 1.18. The van der Waals surface area contributed by atoms with Crippen molar-refractivity contribution in [3.8, 4) is 0 Å². The number of oxazole rings is 1. The molecule has 1 unspecified atom stereocenters. The first-order valence-corrected chi connectivity index (χ1v) is 5.50. The Bertz CT molecular complexity index is 292. The zero-order valence-corrected chi connectivity index (χ0v) is 8.82. The lowest BCUT2D eigenvalue weighted by Crippen LogP contribution is -2.19. The summed E-state index contributed by atoms with van der Waals surface area (Å²) < 4.78 is 10.7. The Morgan fingerprint density at radius 1 is 1.53 bits per heavy atom.